The summed E-state index contributed by atoms with van der Waals surface area (Å²) in [6, 6.07) is 1.43. The Bertz CT molecular complexity index is 393. The molecule has 6 nitrogen and oxygen atoms in total. The number of hydrogen-bond acceptors (Lipinski definition) is 4. The van der Waals surface area contributed by atoms with Gasteiger partial charge >= 0.3 is 6.03 Å². The number of carbonyl (C=O) groups excluding carboxylic acids is 2. The van der Waals surface area contributed by atoms with Crippen molar-refractivity contribution in [1.82, 2.24) is 15.1 Å². The fraction of sp³-hybridized carbons (Fsp3) is 0.750. The highest BCUT2D eigenvalue weighted by Gasteiger charge is 2.52. The SMILES string of the molecule is CCCN1CCC2(CC1)NC(=O)N(CC#N)C2=O. The number of urea groups is 1. The number of hydrogen-bond donors (Lipinski definition) is 1. The van der Waals surface area contributed by atoms with Gasteiger partial charge in [-0.25, -0.2) is 9.69 Å². The zero-order valence-corrected chi connectivity index (χ0v) is 10.6. The first-order chi connectivity index (χ1) is 8.63. The molecule has 0 unspecified atom stereocenters. The largest absolute Gasteiger partial charge is 0.325 e. The molecule has 0 atom stereocenters. The van der Waals surface area contributed by atoms with Gasteiger partial charge < -0.3 is 10.2 Å². The van der Waals surface area contributed by atoms with Gasteiger partial charge in [0.25, 0.3) is 5.91 Å². The molecule has 0 radical (unpaired) electrons. The fourth-order valence-corrected chi connectivity index (χ4v) is 2.70. The van der Waals surface area contributed by atoms with Crippen LogP contribution >= 0.6 is 0 Å². The molecule has 98 valence electrons. The Morgan fingerprint density at radius 2 is 2.06 bits per heavy atom. The minimum atomic E-state index is -0.752. The predicted molar refractivity (Wildman–Crippen MR) is 64.6 cm³/mol. The summed E-state index contributed by atoms with van der Waals surface area (Å²) < 4.78 is 0. The minimum Gasteiger partial charge on any atom is -0.323 e. The third-order valence-electron chi connectivity index (χ3n) is 3.72. The van der Waals surface area contributed by atoms with Crippen molar-refractivity contribution in [2.24, 2.45) is 0 Å². The summed E-state index contributed by atoms with van der Waals surface area (Å²) in [5, 5.41) is 11.4. The lowest BCUT2D eigenvalue weighted by Gasteiger charge is -2.37. The van der Waals surface area contributed by atoms with Gasteiger partial charge in [0.2, 0.25) is 0 Å². The molecule has 2 saturated heterocycles. The molecular weight excluding hydrogens is 232 g/mol. The summed E-state index contributed by atoms with van der Waals surface area (Å²) in [7, 11) is 0. The average Bonchev–Trinajstić information content (AvgIpc) is 2.58. The summed E-state index contributed by atoms with van der Waals surface area (Å²) in [4.78, 5) is 27.2. The third kappa shape index (κ3) is 2.06. The van der Waals surface area contributed by atoms with Crippen molar-refractivity contribution in [2.75, 3.05) is 26.2 Å². The number of piperidine rings is 1. The van der Waals surface area contributed by atoms with E-state index in [0.717, 1.165) is 31.0 Å². The second-order valence-corrected chi connectivity index (χ2v) is 4.90. The zero-order valence-electron chi connectivity index (χ0n) is 10.6. The zero-order chi connectivity index (χ0) is 13.2. The molecule has 0 aromatic heterocycles. The molecule has 0 aliphatic carbocycles. The Morgan fingerprint density at radius 3 is 2.61 bits per heavy atom. The second kappa shape index (κ2) is 4.94. The molecule has 2 aliphatic heterocycles. The van der Waals surface area contributed by atoms with Crippen LogP contribution in [-0.2, 0) is 4.79 Å². The van der Waals surface area contributed by atoms with Crippen molar-refractivity contribution in [1.29, 1.82) is 5.26 Å². The lowest BCUT2D eigenvalue weighted by Crippen LogP contribution is -2.55. The van der Waals surface area contributed by atoms with Crippen molar-refractivity contribution in [3.63, 3.8) is 0 Å². The third-order valence-corrected chi connectivity index (χ3v) is 3.72. The van der Waals surface area contributed by atoms with Gasteiger partial charge in [0, 0.05) is 13.1 Å². The number of likely N-dealkylation sites (tertiary alicyclic amines) is 1. The molecule has 0 saturated carbocycles. The maximum absolute atomic E-state index is 12.2. The summed E-state index contributed by atoms with van der Waals surface area (Å²) >= 11 is 0. The lowest BCUT2D eigenvalue weighted by molar-refractivity contribution is -0.132. The van der Waals surface area contributed by atoms with Gasteiger partial charge in [0.05, 0.1) is 6.07 Å². The van der Waals surface area contributed by atoms with Gasteiger partial charge in [-0.15, -0.1) is 0 Å². The van der Waals surface area contributed by atoms with Crippen LogP contribution in [0.25, 0.3) is 0 Å². The molecule has 0 aromatic rings. The maximum Gasteiger partial charge on any atom is 0.325 e. The summed E-state index contributed by atoms with van der Waals surface area (Å²) in [6.45, 7) is 4.63. The fourth-order valence-electron chi connectivity index (χ4n) is 2.70. The predicted octanol–water partition coefficient (Wildman–Crippen LogP) is 0.306. The highest BCUT2D eigenvalue weighted by molar-refractivity contribution is 6.07. The van der Waals surface area contributed by atoms with Crippen molar-refractivity contribution in [3.8, 4) is 6.07 Å². The first kappa shape index (κ1) is 12.8. The van der Waals surface area contributed by atoms with E-state index in [9.17, 15) is 9.59 Å². The summed E-state index contributed by atoms with van der Waals surface area (Å²) in [5.74, 6) is -0.231. The quantitative estimate of drug-likeness (QED) is 0.577. The highest BCUT2D eigenvalue weighted by Crippen LogP contribution is 2.29. The van der Waals surface area contributed by atoms with Gasteiger partial charge in [-0.2, -0.15) is 5.26 Å². The van der Waals surface area contributed by atoms with Crippen LogP contribution in [0.15, 0.2) is 0 Å². The molecule has 2 aliphatic rings. The number of amides is 3. The summed E-state index contributed by atoms with van der Waals surface area (Å²) in [5.41, 5.74) is -0.752. The van der Waals surface area contributed by atoms with Gasteiger partial charge in [-0.3, -0.25) is 4.79 Å². The monoisotopic (exact) mass is 250 g/mol. The molecule has 18 heavy (non-hydrogen) atoms. The number of carbonyl (C=O) groups is 2. The van der Waals surface area contributed by atoms with Gasteiger partial charge in [0.1, 0.15) is 12.1 Å². The molecule has 6 heteroatoms. The van der Waals surface area contributed by atoms with Crippen LogP contribution in [0, 0.1) is 11.3 Å². The van der Waals surface area contributed by atoms with Crippen molar-refractivity contribution in [3.05, 3.63) is 0 Å². The van der Waals surface area contributed by atoms with Crippen molar-refractivity contribution >= 4 is 11.9 Å². The first-order valence-corrected chi connectivity index (χ1v) is 6.36. The van der Waals surface area contributed by atoms with E-state index in [4.69, 9.17) is 5.26 Å². The summed E-state index contributed by atoms with van der Waals surface area (Å²) in [6.07, 6.45) is 2.37. The van der Waals surface area contributed by atoms with Crippen LogP contribution in [0.3, 0.4) is 0 Å². The standard InChI is InChI=1S/C12H18N4O2/c1-2-6-15-7-3-12(4-8-15)10(17)16(9-5-13)11(18)14-12/h2-4,6-9H2,1H3,(H,14,18). The molecule has 1 N–H and O–H groups in total. The normalized spacial score (nSPS) is 23.2. The van der Waals surface area contributed by atoms with E-state index in [1.807, 2.05) is 6.07 Å². The highest BCUT2D eigenvalue weighted by atomic mass is 16.2. The Labute approximate surface area is 107 Å². The number of nitrogens with one attached hydrogen (secondary N) is 1. The molecular formula is C12H18N4O2. The van der Waals surface area contributed by atoms with E-state index in [-0.39, 0.29) is 12.5 Å². The van der Waals surface area contributed by atoms with E-state index >= 15 is 0 Å². The van der Waals surface area contributed by atoms with E-state index in [0.29, 0.717) is 12.8 Å². The Morgan fingerprint density at radius 1 is 1.39 bits per heavy atom. The number of nitriles is 1. The van der Waals surface area contributed by atoms with Crippen LogP contribution in [-0.4, -0.2) is 53.5 Å². The Kier molecular flexibility index (Phi) is 3.53. The van der Waals surface area contributed by atoms with Crippen LogP contribution in [0.2, 0.25) is 0 Å². The second-order valence-electron chi connectivity index (χ2n) is 4.90. The van der Waals surface area contributed by atoms with Crippen molar-refractivity contribution < 1.29 is 9.59 Å². The average molecular weight is 250 g/mol. The molecule has 2 heterocycles. The molecule has 1 spiro atoms. The lowest BCUT2D eigenvalue weighted by atomic mass is 9.87. The van der Waals surface area contributed by atoms with E-state index in [2.05, 4.69) is 17.1 Å². The Hall–Kier alpha value is -1.61. The minimum absolute atomic E-state index is 0.162. The number of nitrogens with zero attached hydrogens (tertiary/aromatic N) is 3. The smallest absolute Gasteiger partial charge is 0.323 e. The van der Waals surface area contributed by atoms with Crippen LogP contribution in [0.5, 0.6) is 0 Å². The van der Waals surface area contributed by atoms with E-state index < -0.39 is 11.6 Å². The molecule has 2 rings (SSSR count). The van der Waals surface area contributed by atoms with Crippen molar-refractivity contribution in [2.45, 2.75) is 31.7 Å². The van der Waals surface area contributed by atoms with Crippen LogP contribution < -0.4 is 5.32 Å². The van der Waals surface area contributed by atoms with Gasteiger partial charge in [-0.1, -0.05) is 6.92 Å². The maximum atomic E-state index is 12.2. The topological polar surface area (TPSA) is 76.4 Å². The molecule has 2 fully saturated rings. The molecule has 0 bridgehead atoms. The Balaban J connectivity index is 2.04. The number of imide groups is 1. The molecule has 0 aromatic carbocycles. The van der Waals surface area contributed by atoms with Gasteiger partial charge in [0.15, 0.2) is 0 Å². The first-order valence-electron chi connectivity index (χ1n) is 6.36. The molecule has 3 amide bonds. The number of rotatable bonds is 3. The van der Waals surface area contributed by atoms with Crippen LogP contribution in [0.1, 0.15) is 26.2 Å². The van der Waals surface area contributed by atoms with Gasteiger partial charge in [-0.05, 0) is 25.8 Å². The van der Waals surface area contributed by atoms with E-state index in [1.165, 1.54) is 0 Å². The van der Waals surface area contributed by atoms with Crippen LogP contribution in [0.4, 0.5) is 4.79 Å². The van der Waals surface area contributed by atoms with E-state index in [1.54, 1.807) is 0 Å².